The third kappa shape index (κ3) is 1.09. The summed E-state index contributed by atoms with van der Waals surface area (Å²) in [6, 6.07) is 5.34. The van der Waals surface area contributed by atoms with Crippen LogP contribution < -0.4 is 5.32 Å². The van der Waals surface area contributed by atoms with Crippen LogP contribution in [-0.2, 0) is 6.42 Å². The van der Waals surface area contributed by atoms with Gasteiger partial charge >= 0.3 is 0 Å². The summed E-state index contributed by atoms with van der Waals surface area (Å²) in [6.07, 6.45) is 0.938. The summed E-state index contributed by atoms with van der Waals surface area (Å²) in [6.45, 7) is 2.10. The predicted octanol–water partition coefficient (Wildman–Crippen LogP) is 2.18. The second-order valence-corrected chi connectivity index (χ2v) is 3.05. The molecule has 0 amide bonds. The smallest absolute Gasteiger partial charge is 0.123 e. The lowest BCUT2D eigenvalue weighted by atomic mass is 10.1. The Morgan fingerprint density at radius 3 is 3.18 bits per heavy atom. The van der Waals surface area contributed by atoms with Crippen LogP contribution in [0.1, 0.15) is 12.5 Å². The second kappa shape index (κ2) is 2.22. The van der Waals surface area contributed by atoms with Crippen molar-refractivity contribution in [3.8, 4) is 0 Å². The summed E-state index contributed by atoms with van der Waals surface area (Å²) in [4.78, 5) is 0. The molecular weight excluding hydrogens is 141 g/mol. The van der Waals surface area contributed by atoms with Crippen molar-refractivity contribution in [3.63, 3.8) is 0 Å². The fourth-order valence-electron chi connectivity index (χ4n) is 1.52. The van der Waals surface area contributed by atoms with E-state index in [1.165, 1.54) is 6.07 Å². The fourth-order valence-corrected chi connectivity index (χ4v) is 1.52. The van der Waals surface area contributed by atoms with E-state index in [0.717, 1.165) is 17.7 Å². The maximum absolute atomic E-state index is 12.7. The van der Waals surface area contributed by atoms with Crippen molar-refractivity contribution in [3.05, 3.63) is 29.6 Å². The van der Waals surface area contributed by atoms with Gasteiger partial charge in [-0.3, -0.25) is 0 Å². The van der Waals surface area contributed by atoms with E-state index in [4.69, 9.17) is 0 Å². The maximum atomic E-state index is 12.7. The Morgan fingerprint density at radius 1 is 1.55 bits per heavy atom. The number of benzene rings is 1. The van der Waals surface area contributed by atoms with Gasteiger partial charge in [0.25, 0.3) is 0 Å². The average molecular weight is 151 g/mol. The zero-order valence-corrected chi connectivity index (χ0v) is 6.39. The Bertz CT molecular complexity index is 283. The number of nitrogens with one attached hydrogen (secondary N) is 1. The van der Waals surface area contributed by atoms with Gasteiger partial charge in [0.15, 0.2) is 0 Å². The first-order valence-electron chi connectivity index (χ1n) is 3.80. The highest BCUT2D eigenvalue weighted by atomic mass is 19.1. The van der Waals surface area contributed by atoms with E-state index < -0.39 is 0 Å². The molecule has 0 saturated carbocycles. The third-order valence-electron chi connectivity index (χ3n) is 2.00. The largest absolute Gasteiger partial charge is 0.382 e. The van der Waals surface area contributed by atoms with Gasteiger partial charge in [0.2, 0.25) is 0 Å². The van der Waals surface area contributed by atoms with E-state index in [0.29, 0.717) is 6.04 Å². The predicted molar refractivity (Wildman–Crippen MR) is 43.2 cm³/mol. The summed E-state index contributed by atoms with van der Waals surface area (Å²) < 4.78 is 12.7. The van der Waals surface area contributed by atoms with Crippen LogP contribution in [0.3, 0.4) is 0 Å². The number of halogens is 1. The quantitative estimate of drug-likeness (QED) is 0.599. The van der Waals surface area contributed by atoms with Gasteiger partial charge in [-0.15, -0.1) is 0 Å². The highest BCUT2D eigenvalue weighted by Gasteiger charge is 2.15. The molecule has 0 aliphatic carbocycles. The molecule has 1 nitrogen and oxygen atoms in total. The summed E-state index contributed by atoms with van der Waals surface area (Å²) >= 11 is 0. The number of rotatable bonds is 0. The number of hydrogen-bond donors (Lipinski definition) is 1. The van der Waals surface area contributed by atoms with Gasteiger partial charge < -0.3 is 5.32 Å². The molecule has 2 rings (SSSR count). The highest BCUT2D eigenvalue weighted by Crippen LogP contribution is 2.25. The van der Waals surface area contributed by atoms with Gasteiger partial charge in [0.1, 0.15) is 5.82 Å². The molecule has 2 heteroatoms. The summed E-state index contributed by atoms with van der Waals surface area (Å²) in [7, 11) is 0. The molecule has 1 N–H and O–H groups in total. The lowest BCUT2D eigenvalue weighted by Crippen LogP contribution is -2.08. The van der Waals surface area contributed by atoms with Gasteiger partial charge in [0, 0.05) is 11.7 Å². The standard InChI is InChI=1S/C9H10FN/c1-6-4-7-5-8(10)2-3-9(7)11-6/h2-3,5-6,11H,4H2,1H3/t6-/m1/s1. The molecule has 0 aromatic heterocycles. The molecule has 0 radical (unpaired) electrons. The zero-order valence-electron chi connectivity index (χ0n) is 6.39. The Morgan fingerprint density at radius 2 is 2.36 bits per heavy atom. The van der Waals surface area contributed by atoms with E-state index in [1.54, 1.807) is 12.1 Å². The lowest BCUT2D eigenvalue weighted by molar-refractivity contribution is 0.626. The fraction of sp³-hybridized carbons (Fsp3) is 0.333. The minimum Gasteiger partial charge on any atom is -0.382 e. The first-order chi connectivity index (χ1) is 5.25. The first-order valence-corrected chi connectivity index (χ1v) is 3.80. The van der Waals surface area contributed by atoms with Crippen LogP contribution in [0.2, 0.25) is 0 Å². The summed E-state index contributed by atoms with van der Waals surface area (Å²) in [5, 5.41) is 3.26. The third-order valence-corrected chi connectivity index (χ3v) is 2.00. The van der Waals surface area contributed by atoms with Gasteiger partial charge in [0.05, 0.1) is 0 Å². The minimum absolute atomic E-state index is 0.139. The summed E-state index contributed by atoms with van der Waals surface area (Å²) in [5.74, 6) is -0.139. The molecule has 1 aliphatic rings. The van der Waals surface area contributed by atoms with Gasteiger partial charge in [-0.1, -0.05) is 0 Å². The van der Waals surface area contributed by atoms with Crippen LogP contribution in [0.4, 0.5) is 10.1 Å². The molecule has 1 aliphatic heterocycles. The van der Waals surface area contributed by atoms with Crippen LogP contribution in [0.15, 0.2) is 18.2 Å². The van der Waals surface area contributed by atoms with Crippen molar-refractivity contribution in [2.45, 2.75) is 19.4 Å². The monoisotopic (exact) mass is 151 g/mol. The maximum Gasteiger partial charge on any atom is 0.123 e. The first kappa shape index (κ1) is 6.65. The molecule has 0 fully saturated rings. The second-order valence-electron chi connectivity index (χ2n) is 3.05. The molecule has 11 heavy (non-hydrogen) atoms. The Labute approximate surface area is 65.2 Å². The number of anilines is 1. The number of hydrogen-bond acceptors (Lipinski definition) is 1. The molecule has 0 spiro atoms. The van der Waals surface area contributed by atoms with Crippen LogP contribution in [0.5, 0.6) is 0 Å². The van der Waals surface area contributed by atoms with Crippen LogP contribution in [-0.4, -0.2) is 6.04 Å². The van der Waals surface area contributed by atoms with E-state index in [-0.39, 0.29) is 5.82 Å². The average Bonchev–Trinajstić information content (AvgIpc) is 2.27. The van der Waals surface area contributed by atoms with Gasteiger partial charge in [-0.05, 0) is 37.1 Å². The lowest BCUT2D eigenvalue weighted by Gasteiger charge is -2.00. The Balaban J connectivity index is 2.43. The molecule has 0 bridgehead atoms. The van der Waals surface area contributed by atoms with Crippen molar-refractivity contribution >= 4 is 5.69 Å². The Kier molecular flexibility index (Phi) is 1.34. The van der Waals surface area contributed by atoms with Crippen molar-refractivity contribution in [2.75, 3.05) is 5.32 Å². The zero-order chi connectivity index (χ0) is 7.84. The van der Waals surface area contributed by atoms with Gasteiger partial charge in [-0.2, -0.15) is 0 Å². The van der Waals surface area contributed by atoms with Gasteiger partial charge in [-0.25, -0.2) is 4.39 Å². The van der Waals surface area contributed by atoms with Crippen molar-refractivity contribution in [1.29, 1.82) is 0 Å². The normalized spacial score (nSPS) is 21.1. The molecular formula is C9H10FN. The molecule has 0 unspecified atom stereocenters. The van der Waals surface area contributed by atoms with Crippen LogP contribution in [0.25, 0.3) is 0 Å². The Hall–Kier alpha value is -1.05. The molecule has 1 atom stereocenters. The molecule has 1 heterocycles. The molecule has 0 saturated heterocycles. The van der Waals surface area contributed by atoms with E-state index in [1.807, 2.05) is 0 Å². The summed E-state index contributed by atoms with van der Waals surface area (Å²) in [5.41, 5.74) is 2.18. The molecule has 58 valence electrons. The SMILES string of the molecule is C[C@@H]1Cc2cc(F)ccc2N1. The number of fused-ring (bicyclic) bond motifs is 1. The van der Waals surface area contributed by atoms with E-state index in [9.17, 15) is 4.39 Å². The van der Waals surface area contributed by atoms with Crippen LogP contribution in [0, 0.1) is 5.82 Å². The molecule has 1 aromatic carbocycles. The highest BCUT2D eigenvalue weighted by molar-refractivity contribution is 5.56. The topological polar surface area (TPSA) is 12.0 Å². The van der Waals surface area contributed by atoms with Crippen molar-refractivity contribution in [1.82, 2.24) is 0 Å². The van der Waals surface area contributed by atoms with Crippen molar-refractivity contribution in [2.24, 2.45) is 0 Å². The minimum atomic E-state index is -0.139. The van der Waals surface area contributed by atoms with E-state index in [2.05, 4.69) is 12.2 Å². The van der Waals surface area contributed by atoms with E-state index >= 15 is 0 Å². The van der Waals surface area contributed by atoms with Crippen molar-refractivity contribution < 1.29 is 4.39 Å². The molecule has 1 aromatic rings. The van der Waals surface area contributed by atoms with Crippen LogP contribution >= 0.6 is 0 Å².